The van der Waals surface area contributed by atoms with Gasteiger partial charge in [-0.2, -0.15) is 0 Å². The Morgan fingerprint density at radius 2 is 0.988 bits per heavy atom. The van der Waals surface area contributed by atoms with E-state index >= 15 is 0 Å². The van der Waals surface area contributed by atoms with Crippen molar-refractivity contribution in [2.75, 3.05) is 71.6 Å². The molecular formula is C57H92N12O13. The molecular weight excluding hydrogens is 1060 g/mol. The van der Waals surface area contributed by atoms with E-state index in [-0.39, 0.29) is 23.8 Å². The number of likely N-dealkylation sites (N-methyl/N-ethyl adjacent to an activating group) is 1. The smallest absolute Gasteiger partial charge is 0.411 e. The standard InChI is InChI=1S/C14H22N4O2.C12H22N2O4.C12H17NO3.C10H17NO4.C9H14N4/c1-14(2,3)20-13(19)18-9-5-6-11(18)10-7-8-16-12(15-4)17-10;1-12(2,3)18-11(16)14-8-6-7-9(14)10(15)13(4)17-5;1-5-10(14)9-7-6-8-13(9)11(15)16-12(2,3)4;1-10(2,3)15-9(14)11-6-4-5-7(11)8(12)13;1-10-9-12-6-4-8(13-9)7-3-2-5-11-7/h7-8,11H,5-6,9H2,1-4H3,(H,15,16,17);9H,6-8H2,1-5H3;1,9H,6-8H2,2-4H3;7H,4-6H2,1-3H3,(H,12,13);4,6-7,11H,2-3,5H2,1H3,(H,10,12,13)/t11-;2*9-;2*7-/m11111/s1. The number of carboxylic acid groups (broad SMARTS) is 1. The molecule has 0 unspecified atom stereocenters. The number of carbonyl (C=O) groups excluding carboxylic acids is 6. The van der Waals surface area contributed by atoms with E-state index in [1.807, 2.05) is 40.0 Å². The van der Waals surface area contributed by atoms with Crippen molar-refractivity contribution in [1.29, 1.82) is 0 Å². The predicted molar refractivity (Wildman–Crippen MR) is 307 cm³/mol. The van der Waals surface area contributed by atoms with Crippen molar-refractivity contribution >= 4 is 53.9 Å². The molecule has 0 spiro atoms. The number of aromatic nitrogens is 4. The van der Waals surface area contributed by atoms with E-state index in [1.54, 1.807) is 86.7 Å². The normalized spacial score (nSPS) is 20.4. The molecule has 5 aliphatic rings. The van der Waals surface area contributed by atoms with Crippen LogP contribution in [0.3, 0.4) is 0 Å². The highest BCUT2D eigenvalue weighted by Crippen LogP contribution is 2.33. The molecule has 0 aliphatic carbocycles. The number of carbonyl (C=O) groups is 7. The fourth-order valence-corrected chi connectivity index (χ4v) is 9.02. The largest absolute Gasteiger partial charge is 0.480 e. The summed E-state index contributed by atoms with van der Waals surface area (Å²) in [7, 11) is 6.57. The molecule has 0 radical (unpaired) electrons. The van der Waals surface area contributed by atoms with Gasteiger partial charge < -0.3 is 40.0 Å². The molecule has 4 N–H and O–H groups in total. The number of anilines is 2. The van der Waals surface area contributed by atoms with Crippen molar-refractivity contribution in [3.8, 4) is 12.3 Å². The van der Waals surface area contributed by atoms with Crippen molar-refractivity contribution in [2.45, 2.75) is 200 Å². The second-order valence-corrected chi connectivity index (χ2v) is 24.0. The van der Waals surface area contributed by atoms with Gasteiger partial charge in [0.15, 0.2) is 0 Å². The van der Waals surface area contributed by atoms with Gasteiger partial charge in [0.2, 0.25) is 17.7 Å². The molecule has 5 amide bonds. The Morgan fingerprint density at radius 3 is 1.40 bits per heavy atom. The number of ether oxygens (including phenoxy) is 4. The molecule has 7 heterocycles. The number of carboxylic acids is 1. The zero-order chi connectivity index (χ0) is 61.8. The van der Waals surface area contributed by atoms with Crippen LogP contribution >= 0.6 is 0 Å². The molecule has 5 aliphatic heterocycles. The van der Waals surface area contributed by atoms with Crippen molar-refractivity contribution in [3.63, 3.8) is 0 Å². The summed E-state index contributed by atoms with van der Waals surface area (Å²) in [5.41, 5.74) is -0.219. The van der Waals surface area contributed by atoms with E-state index in [1.165, 1.54) is 41.7 Å². The van der Waals surface area contributed by atoms with E-state index in [0.29, 0.717) is 63.4 Å². The number of ketones is 1. The van der Waals surface area contributed by atoms with Crippen LogP contribution in [0.15, 0.2) is 24.5 Å². The first-order valence-electron chi connectivity index (χ1n) is 28.0. The number of hydroxylamine groups is 2. The Kier molecular flexibility index (Phi) is 26.5. The highest BCUT2D eigenvalue weighted by molar-refractivity contribution is 6.00. The van der Waals surface area contributed by atoms with Gasteiger partial charge in [-0.05, 0) is 172 Å². The fourth-order valence-electron chi connectivity index (χ4n) is 9.02. The average molecular weight is 1150 g/mol. The number of amides is 5. The lowest BCUT2D eigenvalue weighted by Gasteiger charge is -2.29. The lowest BCUT2D eigenvalue weighted by molar-refractivity contribution is -0.173. The highest BCUT2D eigenvalue weighted by atomic mass is 16.7. The molecule has 0 saturated carbocycles. The number of aliphatic carboxylic acids is 1. The quantitative estimate of drug-likeness (QED) is 0.0842. The molecule has 0 aromatic carbocycles. The zero-order valence-electron chi connectivity index (χ0n) is 51.3. The summed E-state index contributed by atoms with van der Waals surface area (Å²) in [6, 6.07) is 2.53. The van der Waals surface area contributed by atoms with E-state index < -0.39 is 64.8 Å². The lowest BCUT2D eigenvalue weighted by Crippen LogP contribution is -2.47. The summed E-state index contributed by atoms with van der Waals surface area (Å²) in [6.07, 6.45) is 15.2. The molecule has 2 aromatic rings. The van der Waals surface area contributed by atoms with Crippen LogP contribution in [0.2, 0.25) is 0 Å². The van der Waals surface area contributed by atoms with E-state index in [4.69, 9.17) is 35.3 Å². The monoisotopic (exact) mass is 1150 g/mol. The molecule has 7 rings (SSSR count). The SMILES string of the molecule is C#CC(=O)[C@H]1CCCN1C(=O)OC(C)(C)C.CC(C)(C)OC(=O)N1CCC[C@@H]1C(=O)O.CNc1nccc([C@H]2CCCN2)n1.CNc1nccc([C@H]2CCCN2C(=O)OC(C)(C)C)n1.CON(C)C(=O)[C@H]1CCCN1C(=O)OC(C)(C)C. The minimum Gasteiger partial charge on any atom is -0.480 e. The highest BCUT2D eigenvalue weighted by Gasteiger charge is 2.40. The van der Waals surface area contributed by atoms with Crippen LogP contribution < -0.4 is 16.0 Å². The maximum atomic E-state index is 12.2. The van der Waals surface area contributed by atoms with Gasteiger partial charge in [-0.1, -0.05) is 0 Å². The van der Waals surface area contributed by atoms with E-state index in [9.17, 15) is 33.6 Å². The lowest BCUT2D eigenvalue weighted by atomic mass is 10.1. The summed E-state index contributed by atoms with van der Waals surface area (Å²) in [4.78, 5) is 110. The number of hydrogen-bond donors (Lipinski definition) is 4. The van der Waals surface area contributed by atoms with Gasteiger partial charge in [0.05, 0.1) is 24.5 Å². The van der Waals surface area contributed by atoms with Gasteiger partial charge >= 0.3 is 30.3 Å². The number of rotatable bonds is 8. The van der Waals surface area contributed by atoms with Gasteiger partial charge in [0.1, 0.15) is 40.5 Å². The first-order chi connectivity index (χ1) is 38.2. The van der Waals surface area contributed by atoms with E-state index in [2.05, 4.69) is 41.8 Å². The predicted octanol–water partition coefficient (Wildman–Crippen LogP) is 8.00. The number of terminal acetylenes is 1. The van der Waals surface area contributed by atoms with Crippen molar-refractivity contribution in [3.05, 3.63) is 35.9 Å². The number of nitrogens with zero attached hydrogens (tertiary/aromatic N) is 9. The third kappa shape index (κ3) is 23.1. The topological polar surface area (TPSA) is 290 Å². The second kappa shape index (κ2) is 31.4. The molecule has 82 heavy (non-hydrogen) atoms. The van der Waals surface area contributed by atoms with Crippen molar-refractivity contribution in [1.82, 2.24) is 49.9 Å². The third-order valence-corrected chi connectivity index (χ3v) is 12.7. The summed E-state index contributed by atoms with van der Waals surface area (Å²) in [6.45, 7) is 25.0. The van der Waals surface area contributed by atoms with E-state index in [0.717, 1.165) is 55.1 Å². The van der Waals surface area contributed by atoms with Crippen LogP contribution in [0.25, 0.3) is 0 Å². The molecule has 5 atom stereocenters. The fraction of sp³-hybridized carbons (Fsp3) is 0.702. The molecule has 0 bridgehead atoms. The second-order valence-electron chi connectivity index (χ2n) is 24.0. The summed E-state index contributed by atoms with van der Waals surface area (Å²) in [5.74, 6) is 1.81. The number of likely N-dealkylation sites (tertiary alicyclic amines) is 4. The first kappa shape index (κ1) is 69.2. The molecule has 5 saturated heterocycles. The minimum absolute atomic E-state index is 0.0278. The van der Waals surface area contributed by atoms with Gasteiger partial charge in [0.25, 0.3) is 5.91 Å². The molecule has 458 valence electrons. The Labute approximate surface area is 484 Å². The summed E-state index contributed by atoms with van der Waals surface area (Å²) in [5, 5.41) is 19.3. The Bertz CT molecular complexity index is 2480. The molecule has 25 heteroatoms. The minimum atomic E-state index is -0.960. The molecule has 25 nitrogen and oxygen atoms in total. The molecule has 5 fully saturated rings. The van der Waals surface area contributed by atoms with Crippen molar-refractivity contribution in [2.24, 2.45) is 0 Å². The zero-order valence-corrected chi connectivity index (χ0v) is 51.3. The van der Waals surface area contributed by atoms with Crippen LogP contribution in [0, 0.1) is 12.3 Å². The van der Waals surface area contributed by atoms with Gasteiger partial charge in [0, 0.05) is 65.8 Å². The Hall–Kier alpha value is -7.07. The van der Waals surface area contributed by atoms with Crippen molar-refractivity contribution < 1.29 is 62.5 Å². The van der Waals surface area contributed by atoms with Crippen LogP contribution in [-0.4, -0.2) is 193 Å². The Balaban J connectivity index is 0.000000271. The number of hydrogen-bond acceptors (Lipinski definition) is 19. The molecule has 2 aromatic heterocycles. The van der Waals surface area contributed by atoms with Crippen LogP contribution in [0.1, 0.15) is 171 Å². The van der Waals surface area contributed by atoms with Gasteiger partial charge in [-0.25, -0.2) is 49.0 Å². The van der Waals surface area contributed by atoms with Crippen LogP contribution in [-0.2, 0) is 38.2 Å². The van der Waals surface area contributed by atoms with Gasteiger partial charge in [-0.3, -0.25) is 34.0 Å². The number of nitrogens with one attached hydrogen (secondary N) is 3. The third-order valence-electron chi connectivity index (χ3n) is 12.7. The average Bonchev–Trinajstić information content (AvgIpc) is 4.31. The Morgan fingerprint density at radius 1 is 0.598 bits per heavy atom. The van der Waals surface area contributed by atoms with Crippen LogP contribution in [0.4, 0.5) is 31.1 Å². The number of Topliss-reactive ketones (excluding diaryl/α,β-unsaturated/α-hetero) is 1. The summed E-state index contributed by atoms with van der Waals surface area (Å²) >= 11 is 0. The summed E-state index contributed by atoms with van der Waals surface area (Å²) < 4.78 is 21.1. The van der Waals surface area contributed by atoms with Gasteiger partial charge in [-0.15, -0.1) is 6.42 Å². The maximum absolute atomic E-state index is 12.2. The maximum Gasteiger partial charge on any atom is 0.411 e. The first-order valence-corrected chi connectivity index (χ1v) is 28.0. The van der Waals surface area contributed by atoms with Crippen LogP contribution in [0.5, 0.6) is 0 Å².